The van der Waals surface area contributed by atoms with E-state index in [2.05, 4.69) is 27.0 Å². The van der Waals surface area contributed by atoms with Crippen LogP contribution in [-0.4, -0.2) is 37.8 Å². The zero-order chi connectivity index (χ0) is 17.9. The maximum atomic E-state index is 12.7. The third-order valence-corrected chi connectivity index (χ3v) is 6.36. The highest BCUT2D eigenvalue weighted by Crippen LogP contribution is 2.25. The van der Waals surface area contributed by atoms with Gasteiger partial charge in [0.25, 0.3) is 0 Å². The fraction of sp³-hybridized carbons (Fsp3) is 0.381. The molecule has 0 spiro atoms. The van der Waals surface area contributed by atoms with Crippen molar-refractivity contribution in [3.05, 3.63) is 58.3 Å². The molecule has 3 nitrogen and oxygen atoms in total. The minimum Gasteiger partial charge on any atom is -1.00 e. The third-order valence-electron chi connectivity index (χ3n) is 5.21. The van der Waals surface area contributed by atoms with Gasteiger partial charge in [0.2, 0.25) is 0 Å². The molecule has 0 saturated carbocycles. The van der Waals surface area contributed by atoms with Gasteiger partial charge >= 0.3 is 0 Å². The first kappa shape index (κ1) is 21.3. The number of benzene rings is 2. The topological polar surface area (TPSA) is 26.3 Å². The van der Waals surface area contributed by atoms with Crippen molar-refractivity contribution in [1.29, 1.82) is 0 Å². The van der Waals surface area contributed by atoms with Crippen LogP contribution in [0.15, 0.2) is 47.3 Å². The summed E-state index contributed by atoms with van der Waals surface area (Å²) in [6.45, 7) is 8.97. The monoisotopic (exact) mass is 483 g/mol. The number of ether oxygens (including phenoxy) is 1. The van der Waals surface area contributed by atoms with Crippen molar-refractivity contribution >= 4 is 31.5 Å². The summed E-state index contributed by atoms with van der Waals surface area (Å²) in [6, 6.07) is 13.9. The van der Waals surface area contributed by atoms with Gasteiger partial charge in [0.1, 0.15) is 6.54 Å². The molecule has 140 valence electrons. The Hall–Kier alpha value is -1.02. The summed E-state index contributed by atoms with van der Waals surface area (Å²) in [5, 5.41) is 1.60. The normalized spacial score (nSPS) is 11.7. The summed E-state index contributed by atoms with van der Waals surface area (Å²) in [6.07, 6.45) is 0. The average Bonchev–Trinajstić information content (AvgIpc) is 2.65. The molecule has 0 aliphatic rings. The van der Waals surface area contributed by atoms with E-state index in [1.165, 1.54) is 0 Å². The smallest absolute Gasteiger partial charge is 0.195 e. The first-order valence-corrected chi connectivity index (χ1v) is 9.74. The Morgan fingerprint density at radius 2 is 1.69 bits per heavy atom. The molecule has 2 aromatic carbocycles. The van der Waals surface area contributed by atoms with Crippen molar-refractivity contribution in [2.45, 2.75) is 20.5 Å². The number of quaternary nitrogens is 1. The number of hydrogen-bond acceptors (Lipinski definition) is 3. The fourth-order valence-electron chi connectivity index (χ4n) is 2.95. The molecule has 0 saturated heterocycles. The van der Waals surface area contributed by atoms with Gasteiger partial charge in [0.05, 0.1) is 33.4 Å². The van der Waals surface area contributed by atoms with Crippen LogP contribution in [0.5, 0.6) is 0 Å². The Morgan fingerprint density at radius 3 is 2.42 bits per heavy atom. The first-order valence-electron chi connectivity index (χ1n) is 8.92. The number of hydrogen-bond donors (Lipinski definition) is 0. The zero-order valence-corrected chi connectivity index (χ0v) is 18.6. The molecule has 3 rings (SSSR count). The second-order valence-corrected chi connectivity index (χ2v) is 7.87. The lowest BCUT2D eigenvalue weighted by atomic mass is 10.1. The van der Waals surface area contributed by atoms with Crippen molar-refractivity contribution in [3.63, 3.8) is 0 Å². The van der Waals surface area contributed by atoms with E-state index in [0.717, 1.165) is 56.5 Å². The molecule has 0 aliphatic carbocycles. The van der Waals surface area contributed by atoms with Gasteiger partial charge in [-0.05, 0) is 43.7 Å². The molecule has 1 aromatic heterocycles. The van der Waals surface area contributed by atoms with Gasteiger partial charge < -0.3 is 33.2 Å². The lowest BCUT2D eigenvalue weighted by Crippen LogP contribution is -3.00. The van der Waals surface area contributed by atoms with Gasteiger partial charge in [-0.15, -0.1) is 11.3 Å². The van der Waals surface area contributed by atoms with Gasteiger partial charge in [0, 0.05) is 20.2 Å². The highest BCUT2D eigenvalue weighted by atomic mass is 127. The molecule has 0 unspecified atom stereocenters. The van der Waals surface area contributed by atoms with Crippen molar-refractivity contribution in [1.82, 2.24) is 0 Å². The van der Waals surface area contributed by atoms with Gasteiger partial charge in [-0.2, -0.15) is 0 Å². The predicted molar refractivity (Wildman–Crippen MR) is 107 cm³/mol. The minimum atomic E-state index is 0. The molecule has 3 aromatic rings. The largest absolute Gasteiger partial charge is 1.00 e. The Labute approximate surface area is 176 Å². The molecule has 26 heavy (non-hydrogen) atoms. The van der Waals surface area contributed by atoms with E-state index in [1.54, 1.807) is 11.3 Å². The van der Waals surface area contributed by atoms with Gasteiger partial charge in [0.15, 0.2) is 5.43 Å². The SMILES string of the molecule is CC[N+](C)(CC)CCOCc1ccc2sc3ccccc3c(=O)c2c1.[I-]. The summed E-state index contributed by atoms with van der Waals surface area (Å²) >= 11 is 1.67. The van der Waals surface area contributed by atoms with Crippen LogP contribution in [-0.2, 0) is 11.3 Å². The Balaban J connectivity index is 0.00000243. The maximum Gasteiger partial charge on any atom is 0.195 e. The van der Waals surface area contributed by atoms with Crippen LogP contribution in [0, 0.1) is 0 Å². The molecule has 0 fully saturated rings. The lowest BCUT2D eigenvalue weighted by molar-refractivity contribution is -0.906. The standard InChI is InChI=1S/C21H26NO2S.HI/c1-4-22(3,5-2)12-13-24-15-16-10-11-20-18(14-16)21(23)17-8-6-7-9-19(17)25-20;/h6-11,14H,4-5,12-13,15H2,1-3H3;1H/q+1;/p-1. The first-order chi connectivity index (χ1) is 12.1. The predicted octanol–water partition coefficient (Wildman–Crippen LogP) is 1.42. The average molecular weight is 483 g/mol. The van der Waals surface area contributed by atoms with Gasteiger partial charge in [-0.1, -0.05) is 18.2 Å². The van der Waals surface area contributed by atoms with Crippen LogP contribution >= 0.6 is 11.3 Å². The van der Waals surface area contributed by atoms with E-state index in [-0.39, 0.29) is 29.4 Å². The molecular formula is C21H26INO2S. The Morgan fingerprint density at radius 1 is 1.00 bits per heavy atom. The summed E-state index contributed by atoms with van der Waals surface area (Å²) < 4.78 is 8.98. The van der Waals surface area contributed by atoms with Crippen molar-refractivity contribution in [2.24, 2.45) is 0 Å². The van der Waals surface area contributed by atoms with Crippen LogP contribution in [0.2, 0.25) is 0 Å². The highest BCUT2D eigenvalue weighted by molar-refractivity contribution is 7.24. The fourth-order valence-corrected chi connectivity index (χ4v) is 4.01. The molecule has 1 heterocycles. The molecule has 5 heteroatoms. The van der Waals surface area contributed by atoms with Crippen molar-refractivity contribution < 1.29 is 33.2 Å². The van der Waals surface area contributed by atoms with E-state index in [1.807, 2.05) is 36.4 Å². The number of nitrogens with zero attached hydrogens (tertiary/aromatic N) is 1. The zero-order valence-electron chi connectivity index (χ0n) is 15.6. The van der Waals surface area contributed by atoms with Gasteiger partial charge in [-0.25, -0.2) is 0 Å². The van der Waals surface area contributed by atoms with Crippen LogP contribution in [0.4, 0.5) is 0 Å². The Kier molecular flexibility index (Phi) is 7.58. The van der Waals surface area contributed by atoms with E-state index in [0.29, 0.717) is 6.61 Å². The summed E-state index contributed by atoms with van der Waals surface area (Å²) in [5.41, 5.74) is 1.18. The molecule has 0 atom stereocenters. The molecule has 0 aliphatic heterocycles. The lowest BCUT2D eigenvalue weighted by Gasteiger charge is -2.31. The van der Waals surface area contributed by atoms with Crippen LogP contribution in [0.25, 0.3) is 20.2 Å². The van der Waals surface area contributed by atoms with Crippen LogP contribution in [0.1, 0.15) is 19.4 Å². The second-order valence-electron chi connectivity index (χ2n) is 6.79. The number of rotatable bonds is 7. The molecule has 0 radical (unpaired) electrons. The van der Waals surface area contributed by atoms with Crippen molar-refractivity contribution in [3.8, 4) is 0 Å². The van der Waals surface area contributed by atoms with Crippen LogP contribution in [0.3, 0.4) is 0 Å². The van der Waals surface area contributed by atoms with E-state index >= 15 is 0 Å². The van der Waals surface area contributed by atoms with E-state index < -0.39 is 0 Å². The quantitative estimate of drug-likeness (QED) is 0.220. The number of fused-ring (bicyclic) bond motifs is 2. The van der Waals surface area contributed by atoms with Crippen LogP contribution < -0.4 is 29.4 Å². The number of likely N-dealkylation sites (N-methyl/N-ethyl adjacent to an activating group) is 1. The molecular weight excluding hydrogens is 457 g/mol. The van der Waals surface area contributed by atoms with E-state index in [9.17, 15) is 4.79 Å². The van der Waals surface area contributed by atoms with Gasteiger partial charge in [-0.3, -0.25) is 4.79 Å². The summed E-state index contributed by atoms with van der Waals surface area (Å²) in [4.78, 5) is 12.7. The maximum absolute atomic E-state index is 12.7. The number of halogens is 1. The summed E-state index contributed by atoms with van der Waals surface area (Å²) in [5.74, 6) is 0. The highest BCUT2D eigenvalue weighted by Gasteiger charge is 2.15. The molecule has 0 bridgehead atoms. The van der Waals surface area contributed by atoms with E-state index in [4.69, 9.17) is 4.74 Å². The second kappa shape index (κ2) is 9.26. The van der Waals surface area contributed by atoms with Crippen molar-refractivity contribution in [2.75, 3.05) is 33.3 Å². The Bertz CT molecular complexity index is 934. The molecule has 0 amide bonds. The third kappa shape index (κ3) is 4.63. The molecule has 0 N–H and O–H groups in total. The summed E-state index contributed by atoms with van der Waals surface area (Å²) in [7, 11) is 2.26. The minimum absolute atomic E-state index is 0.